The lowest BCUT2D eigenvalue weighted by atomic mass is 9.95. The van der Waals surface area contributed by atoms with Crippen LogP contribution in [0.1, 0.15) is 33.1 Å². The molecule has 0 radical (unpaired) electrons. The van der Waals surface area contributed by atoms with Gasteiger partial charge >= 0.3 is 0 Å². The molecule has 9 nitrogen and oxygen atoms in total. The number of piperidine rings is 1. The lowest BCUT2D eigenvalue weighted by molar-refractivity contribution is -0.131. The topological polar surface area (TPSA) is 118 Å². The molecule has 0 spiro atoms. The summed E-state index contributed by atoms with van der Waals surface area (Å²) >= 11 is 1.30. The predicted molar refractivity (Wildman–Crippen MR) is 127 cm³/mol. The van der Waals surface area contributed by atoms with E-state index < -0.39 is 22.0 Å². The molecule has 1 aliphatic rings. The van der Waals surface area contributed by atoms with E-state index in [9.17, 15) is 18.0 Å². The van der Waals surface area contributed by atoms with Gasteiger partial charge < -0.3 is 15.4 Å². The number of methoxy groups -OCH3 is 1. The van der Waals surface area contributed by atoms with E-state index >= 15 is 0 Å². The zero-order valence-electron chi connectivity index (χ0n) is 19.0. The third-order valence-corrected chi connectivity index (χ3v) is 8.48. The normalized spacial score (nSPS) is 18.8. The highest BCUT2D eigenvalue weighted by atomic mass is 32.2. The van der Waals surface area contributed by atoms with Crippen LogP contribution in [0.3, 0.4) is 0 Å². The number of hydrogen-bond donors (Lipinski definition) is 2. The van der Waals surface area contributed by atoms with Crippen LogP contribution in [-0.2, 0) is 19.6 Å². The van der Waals surface area contributed by atoms with E-state index in [-0.39, 0.29) is 29.2 Å². The van der Waals surface area contributed by atoms with Crippen molar-refractivity contribution in [2.45, 2.75) is 44.0 Å². The number of nitrogens with zero attached hydrogens (tertiary/aromatic N) is 2. The number of nitrogens with one attached hydrogen (secondary N) is 2. The van der Waals surface area contributed by atoms with E-state index in [0.717, 1.165) is 0 Å². The van der Waals surface area contributed by atoms with E-state index in [2.05, 4.69) is 15.6 Å². The number of benzene rings is 1. The van der Waals surface area contributed by atoms with Crippen LogP contribution in [0.15, 0.2) is 40.7 Å². The molecule has 33 heavy (non-hydrogen) atoms. The molecule has 1 aromatic carbocycles. The Morgan fingerprint density at radius 3 is 2.64 bits per heavy atom. The molecule has 0 bridgehead atoms. The smallest absolute Gasteiger partial charge is 0.249 e. The number of aromatic nitrogens is 1. The van der Waals surface area contributed by atoms with Crippen LogP contribution < -0.4 is 15.4 Å². The number of hydrogen-bond acceptors (Lipinski definition) is 7. The summed E-state index contributed by atoms with van der Waals surface area (Å²) in [5, 5.41) is 7.84. The van der Waals surface area contributed by atoms with Crippen LogP contribution in [0.25, 0.3) is 0 Å². The molecular weight excluding hydrogens is 464 g/mol. The number of anilines is 1. The number of sulfonamides is 1. The number of rotatable bonds is 9. The summed E-state index contributed by atoms with van der Waals surface area (Å²) < 4.78 is 32.6. The van der Waals surface area contributed by atoms with Gasteiger partial charge in [-0.15, -0.1) is 11.3 Å². The molecule has 2 N–H and O–H groups in total. The average molecular weight is 495 g/mol. The standard InChI is InChI=1S/C22H30N4O5S2/c1-4-15(2)19(21(28)25-22-23-11-13-32-22)24-20(27)16-6-5-12-26(14-16)33(29,30)18-9-7-17(31-3)8-10-18/h7-11,13,15-16,19H,4-6,12,14H2,1-3H3,(H,24,27)(H,23,25,28)/t15-,16+,19+/m1/s1. The van der Waals surface area contributed by atoms with Gasteiger partial charge in [-0.25, -0.2) is 13.4 Å². The number of carbonyl (C=O) groups excluding carboxylic acids is 2. The van der Waals surface area contributed by atoms with Gasteiger partial charge in [-0.3, -0.25) is 9.59 Å². The SMILES string of the molecule is CC[C@@H](C)[C@H](NC(=O)[C@H]1CCCN(S(=O)(=O)c2ccc(OC)cc2)C1)C(=O)Nc1nccs1. The maximum Gasteiger partial charge on any atom is 0.249 e. The van der Waals surface area contributed by atoms with Crippen molar-refractivity contribution in [1.29, 1.82) is 0 Å². The van der Waals surface area contributed by atoms with Crippen molar-refractivity contribution in [3.05, 3.63) is 35.8 Å². The maximum atomic E-state index is 13.1. The number of thiazole rings is 1. The van der Waals surface area contributed by atoms with Crippen LogP contribution in [0.4, 0.5) is 5.13 Å². The van der Waals surface area contributed by atoms with E-state index in [0.29, 0.717) is 36.7 Å². The highest BCUT2D eigenvalue weighted by Crippen LogP contribution is 2.26. The van der Waals surface area contributed by atoms with E-state index in [1.54, 1.807) is 23.7 Å². The number of ether oxygens (including phenoxy) is 1. The summed E-state index contributed by atoms with van der Waals surface area (Å²) in [7, 11) is -2.23. The summed E-state index contributed by atoms with van der Waals surface area (Å²) in [5.41, 5.74) is 0. The second kappa shape index (κ2) is 11.1. The van der Waals surface area contributed by atoms with Gasteiger partial charge in [-0.05, 0) is 43.0 Å². The summed E-state index contributed by atoms with van der Waals surface area (Å²) in [6.45, 7) is 4.26. The van der Waals surface area contributed by atoms with Crippen molar-refractivity contribution in [2.75, 3.05) is 25.5 Å². The van der Waals surface area contributed by atoms with Gasteiger partial charge in [0.25, 0.3) is 0 Å². The second-order valence-corrected chi connectivity index (χ2v) is 10.9. The molecule has 3 rings (SSSR count). The fourth-order valence-electron chi connectivity index (χ4n) is 3.71. The molecule has 1 fully saturated rings. The highest BCUT2D eigenvalue weighted by Gasteiger charge is 2.35. The Morgan fingerprint density at radius 1 is 1.30 bits per heavy atom. The average Bonchev–Trinajstić information content (AvgIpc) is 3.34. The predicted octanol–water partition coefficient (Wildman–Crippen LogP) is 2.72. The van der Waals surface area contributed by atoms with Crippen molar-refractivity contribution in [3.8, 4) is 5.75 Å². The van der Waals surface area contributed by atoms with Crippen LogP contribution in [0.2, 0.25) is 0 Å². The zero-order valence-corrected chi connectivity index (χ0v) is 20.6. The first kappa shape index (κ1) is 25.1. The highest BCUT2D eigenvalue weighted by molar-refractivity contribution is 7.89. The molecule has 1 aliphatic heterocycles. The van der Waals surface area contributed by atoms with Crippen molar-refractivity contribution in [1.82, 2.24) is 14.6 Å². The fraction of sp³-hybridized carbons (Fsp3) is 0.500. The van der Waals surface area contributed by atoms with E-state index in [1.165, 1.54) is 34.9 Å². The number of amides is 2. The molecule has 1 saturated heterocycles. The molecule has 2 aromatic rings. The van der Waals surface area contributed by atoms with Gasteiger partial charge in [0.15, 0.2) is 5.13 Å². The van der Waals surface area contributed by atoms with E-state index in [4.69, 9.17) is 4.74 Å². The Hall–Kier alpha value is -2.50. The number of carbonyl (C=O) groups is 2. The largest absolute Gasteiger partial charge is 0.497 e. The van der Waals surface area contributed by atoms with Crippen LogP contribution in [-0.4, -0.2) is 55.8 Å². The van der Waals surface area contributed by atoms with Crippen LogP contribution >= 0.6 is 11.3 Å². The first-order chi connectivity index (χ1) is 15.8. The van der Waals surface area contributed by atoms with Gasteiger partial charge in [-0.2, -0.15) is 4.31 Å². The Bertz CT molecular complexity index is 1040. The lowest BCUT2D eigenvalue weighted by Crippen LogP contribution is -2.52. The molecule has 180 valence electrons. The lowest BCUT2D eigenvalue weighted by Gasteiger charge is -2.32. The Morgan fingerprint density at radius 2 is 2.03 bits per heavy atom. The zero-order chi connectivity index (χ0) is 24.0. The molecule has 0 unspecified atom stereocenters. The first-order valence-electron chi connectivity index (χ1n) is 10.9. The monoisotopic (exact) mass is 494 g/mol. The maximum absolute atomic E-state index is 13.1. The third-order valence-electron chi connectivity index (χ3n) is 5.91. The van der Waals surface area contributed by atoms with Gasteiger partial charge in [-0.1, -0.05) is 20.3 Å². The molecular formula is C22H30N4O5S2. The Kier molecular flexibility index (Phi) is 8.44. The minimum atomic E-state index is -3.74. The second-order valence-electron chi connectivity index (χ2n) is 8.08. The molecule has 11 heteroatoms. The van der Waals surface area contributed by atoms with Gasteiger partial charge in [0.05, 0.1) is 17.9 Å². The minimum absolute atomic E-state index is 0.0710. The van der Waals surface area contributed by atoms with Gasteiger partial charge in [0.1, 0.15) is 11.8 Å². The Balaban J connectivity index is 1.69. The fourth-order valence-corrected chi connectivity index (χ4v) is 5.77. The van der Waals surface area contributed by atoms with Crippen molar-refractivity contribution < 1.29 is 22.7 Å². The van der Waals surface area contributed by atoms with Crippen molar-refractivity contribution in [3.63, 3.8) is 0 Å². The van der Waals surface area contributed by atoms with Crippen molar-refractivity contribution >= 4 is 38.3 Å². The van der Waals surface area contributed by atoms with Crippen LogP contribution in [0.5, 0.6) is 5.75 Å². The molecule has 0 aliphatic carbocycles. The molecule has 2 amide bonds. The summed E-state index contributed by atoms with van der Waals surface area (Å²) in [6, 6.07) is 5.46. The minimum Gasteiger partial charge on any atom is -0.497 e. The summed E-state index contributed by atoms with van der Waals surface area (Å²) in [4.78, 5) is 30.1. The summed E-state index contributed by atoms with van der Waals surface area (Å²) in [5.74, 6) is -0.713. The van der Waals surface area contributed by atoms with Gasteiger partial charge in [0, 0.05) is 24.7 Å². The van der Waals surface area contributed by atoms with E-state index in [1.807, 2.05) is 13.8 Å². The van der Waals surface area contributed by atoms with Gasteiger partial charge in [0.2, 0.25) is 21.8 Å². The summed E-state index contributed by atoms with van der Waals surface area (Å²) in [6.07, 6.45) is 3.41. The first-order valence-corrected chi connectivity index (χ1v) is 13.2. The molecule has 0 saturated carbocycles. The van der Waals surface area contributed by atoms with Crippen LogP contribution in [0, 0.1) is 11.8 Å². The molecule has 1 aromatic heterocycles. The Labute approximate surface area is 198 Å². The molecule has 2 heterocycles. The quantitative estimate of drug-likeness (QED) is 0.554. The third kappa shape index (κ3) is 6.10. The molecule has 3 atom stereocenters. The van der Waals surface area contributed by atoms with Crippen molar-refractivity contribution in [2.24, 2.45) is 11.8 Å².